The third-order valence-corrected chi connectivity index (χ3v) is 4.11. The van der Waals surface area contributed by atoms with Crippen molar-refractivity contribution in [1.82, 2.24) is 14.6 Å². The monoisotopic (exact) mass is 311 g/mol. The zero-order valence-corrected chi connectivity index (χ0v) is 13.2. The van der Waals surface area contributed by atoms with Crippen molar-refractivity contribution in [3.8, 4) is 0 Å². The van der Waals surface area contributed by atoms with Crippen molar-refractivity contribution in [3.63, 3.8) is 0 Å². The molecular weight excluding hydrogens is 290 g/mol. The summed E-state index contributed by atoms with van der Waals surface area (Å²) in [5.74, 6) is -0.602. The molecule has 22 heavy (non-hydrogen) atoms. The number of H-pyrrole nitrogens is 1. The number of aromatic nitrogens is 2. The van der Waals surface area contributed by atoms with E-state index < -0.39 is 17.7 Å². The molecule has 0 amide bonds. The molecule has 2 aliphatic heterocycles. The van der Waals surface area contributed by atoms with E-state index in [9.17, 15) is 9.59 Å². The van der Waals surface area contributed by atoms with Crippen LogP contribution in [0.1, 0.15) is 32.1 Å². The Labute approximate surface area is 127 Å². The van der Waals surface area contributed by atoms with Crippen LogP contribution in [0.2, 0.25) is 0 Å². The lowest BCUT2D eigenvalue weighted by atomic mass is 10.1. The Morgan fingerprint density at radius 2 is 2.09 bits per heavy atom. The van der Waals surface area contributed by atoms with Gasteiger partial charge in [0.25, 0.3) is 5.56 Å². The van der Waals surface area contributed by atoms with E-state index in [1.807, 2.05) is 20.9 Å². The molecule has 0 aromatic carbocycles. The van der Waals surface area contributed by atoms with Gasteiger partial charge in [0.15, 0.2) is 12.0 Å². The summed E-state index contributed by atoms with van der Waals surface area (Å²) >= 11 is 0. The summed E-state index contributed by atoms with van der Waals surface area (Å²) < 4.78 is 12.9. The summed E-state index contributed by atoms with van der Waals surface area (Å²) in [4.78, 5) is 31.5. The van der Waals surface area contributed by atoms with Crippen molar-refractivity contribution in [2.75, 3.05) is 13.7 Å². The summed E-state index contributed by atoms with van der Waals surface area (Å²) in [7, 11) is 1.81. The summed E-state index contributed by atoms with van der Waals surface area (Å²) in [6, 6.07) is -0.0223. The highest BCUT2D eigenvalue weighted by molar-refractivity contribution is 5.02. The van der Waals surface area contributed by atoms with E-state index in [1.54, 1.807) is 12.0 Å². The molecule has 1 N–H and O–H groups in total. The Kier molecular flexibility index (Phi) is 3.72. The first kappa shape index (κ1) is 15.4. The fourth-order valence-electron chi connectivity index (χ4n) is 2.92. The molecule has 1 aromatic heterocycles. The minimum Gasteiger partial charge on any atom is -0.348 e. The SMILES string of the molecule is Cc1cn([C@H]2C[C@H]([C@H]3COC(C)(C)O3)N(C)O2)c(=O)[nH]c1=O. The molecule has 3 atom stereocenters. The highest BCUT2D eigenvalue weighted by Crippen LogP contribution is 2.34. The second-order valence-electron chi connectivity index (χ2n) is 6.26. The Bertz CT molecular complexity index is 680. The van der Waals surface area contributed by atoms with Gasteiger partial charge in [0.1, 0.15) is 6.10 Å². The zero-order chi connectivity index (χ0) is 16.1. The van der Waals surface area contributed by atoms with Gasteiger partial charge in [-0.1, -0.05) is 0 Å². The average Bonchev–Trinajstić information content (AvgIpc) is 2.96. The van der Waals surface area contributed by atoms with Gasteiger partial charge in [-0.2, -0.15) is 5.06 Å². The van der Waals surface area contributed by atoms with Crippen LogP contribution < -0.4 is 11.2 Å². The lowest BCUT2D eigenvalue weighted by Crippen LogP contribution is -2.38. The summed E-state index contributed by atoms with van der Waals surface area (Å²) in [6.45, 7) is 5.88. The maximum atomic E-state index is 12.0. The van der Waals surface area contributed by atoms with Crippen LogP contribution in [0.3, 0.4) is 0 Å². The highest BCUT2D eigenvalue weighted by Gasteiger charge is 2.44. The van der Waals surface area contributed by atoms with E-state index in [0.29, 0.717) is 18.6 Å². The fraction of sp³-hybridized carbons (Fsp3) is 0.714. The van der Waals surface area contributed by atoms with E-state index >= 15 is 0 Å². The number of ether oxygens (including phenoxy) is 2. The van der Waals surface area contributed by atoms with Gasteiger partial charge in [0, 0.05) is 25.2 Å². The smallest absolute Gasteiger partial charge is 0.330 e. The van der Waals surface area contributed by atoms with Gasteiger partial charge in [0.05, 0.1) is 12.6 Å². The molecule has 0 bridgehead atoms. The summed E-state index contributed by atoms with van der Waals surface area (Å²) in [6.07, 6.45) is 1.51. The van der Waals surface area contributed by atoms with Gasteiger partial charge in [-0.15, -0.1) is 0 Å². The summed E-state index contributed by atoms with van der Waals surface area (Å²) in [5, 5.41) is 1.70. The van der Waals surface area contributed by atoms with Crippen LogP contribution in [0.5, 0.6) is 0 Å². The number of hydroxylamine groups is 2. The zero-order valence-electron chi connectivity index (χ0n) is 13.2. The summed E-state index contributed by atoms with van der Waals surface area (Å²) in [5.41, 5.74) is -0.382. The Morgan fingerprint density at radius 1 is 1.36 bits per heavy atom. The highest BCUT2D eigenvalue weighted by atomic mass is 16.8. The van der Waals surface area contributed by atoms with Crippen LogP contribution in [0, 0.1) is 6.92 Å². The Balaban J connectivity index is 1.81. The molecule has 2 aliphatic rings. The third-order valence-electron chi connectivity index (χ3n) is 4.11. The van der Waals surface area contributed by atoms with Gasteiger partial charge in [-0.25, -0.2) is 4.79 Å². The molecule has 8 nitrogen and oxygen atoms in total. The lowest BCUT2D eigenvalue weighted by molar-refractivity contribution is -0.190. The fourth-order valence-corrected chi connectivity index (χ4v) is 2.92. The molecule has 2 fully saturated rings. The second kappa shape index (κ2) is 5.31. The quantitative estimate of drug-likeness (QED) is 0.835. The lowest BCUT2D eigenvalue weighted by Gasteiger charge is -2.23. The number of hydrogen-bond donors (Lipinski definition) is 1. The van der Waals surface area contributed by atoms with Gasteiger partial charge >= 0.3 is 5.69 Å². The maximum Gasteiger partial charge on any atom is 0.330 e. The molecule has 8 heteroatoms. The minimum absolute atomic E-state index is 0.0223. The van der Waals surface area contributed by atoms with Crippen molar-refractivity contribution >= 4 is 0 Å². The standard InChI is InChI=1S/C14H21N3O5/c1-8-6-17(13(19)15-12(8)18)11-5-9(16(4)22-11)10-7-20-14(2,3)21-10/h6,9-11H,5,7H2,1-4H3,(H,15,18,19)/t9-,10-,11-/m1/s1. The van der Waals surface area contributed by atoms with Crippen LogP contribution in [-0.4, -0.2) is 46.2 Å². The number of aryl methyl sites for hydroxylation is 1. The molecule has 3 heterocycles. The van der Waals surface area contributed by atoms with Crippen molar-refractivity contribution in [3.05, 3.63) is 32.6 Å². The van der Waals surface area contributed by atoms with Crippen molar-refractivity contribution in [2.45, 2.75) is 51.4 Å². The number of aromatic amines is 1. The molecule has 3 rings (SSSR count). The van der Waals surface area contributed by atoms with Crippen LogP contribution >= 0.6 is 0 Å². The topological polar surface area (TPSA) is 85.8 Å². The molecule has 122 valence electrons. The molecule has 0 radical (unpaired) electrons. The Hall–Kier alpha value is -1.48. The predicted octanol–water partition coefficient (Wildman–Crippen LogP) is 0.131. The number of hydrogen-bond acceptors (Lipinski definition) is 6. The molecule has 0 spiro atoms. The van der Waals surface area contributed by atoms with E-state index in [4.69, 9.17) is 14.3 Å². The minimum atomic E-state index is -0.602. The predicted molar refractivity (Wildman–Crippen MR) is 77.3 cm³/mol. The molecule has 2 saturated heterocycles. The largest absolute Gasteiger partial charge is 0.348 e. The van der Waals surface area contributed by atoms with Gasteiger partial charge in [-0.05, 0) is 20.8 Å². The number of likely N-dealkylation sites (N-methyl/N-ethyl adjacent to an activating group) is 1. The first-order chi connectivity index (χ1) is 10.3. The van der Waals surface area contributed by atoms with Gasteiger partial charge < -0.3 is 9.47 Å². The molecule has 0 saturated carbocycles. The first-order valence-electron chi connectivity index (χ1n) is 7.30. The van der Waals surface area contributed by atoms with E-state index in [0.717, 1.165) is 0 Å². The van der Waals surface area contributed by atoms with Gasteiger partial charge in [-0.3, -0.25) is 19.2 Å². The van der Waals surface area contributed by atoms with E-state index in [2.05, 4.69) is 4.98 Å². The van der Waals surface area contributed by atoms with Gasteiger partial charge in [0.2, 0.25) is 0 Å². The second-order valence-corrected chi connectivity index (χ2v) is 6.26. The van der Waals surface area contributed by atoms with Crippen LogP contribution in [0.25, 0.3) is 0 Å². The van der Waals surface area contributed by atoms with Crippen molar-refractivity contribution in [2.24, 2.45) is 0 Å². The molecule has 1 aromatic rings. The van der Waals surface area contributed by atoms with E-state index in [-0.39, 0.29) is 17.7 Å². The number of rotatable bonds is 2. The molecule has 0 unspecified atom stereocenters. The maximum absolute atomic E-state index is 12.0. The van der Waals surface area contributed by atoms with Crippen LogP contribution in [0.4, 0.5) is 0 Å². The molecular formula is C14H21N3O5. The van der Waals surface area contributed by atoms with Crippen LogP contribution in [0.15, 0.2) is 15.8 Å². The number of nitrogens with zero attached hydrogens (tertiary/aromatic N) is 2. The normalized spacial score (nSPS) is 31.7. The average molecular weight is 311 g/mol. The van der Waals surface area contributed by atoms with Crippen molar-refractivity contribution < 1.29 is 14.3 Å². The number of nitrogens with one attached hydrogen (secondary N) is 1. The first-order valence-corrected chi connectivity index (χ1v) is 7.30. The van der Waals surface area contributed by atoms with E-state index in [1.165, 1.54) is 10.8 Å². The van der Waals surface area contributed by atoms with Crippen LogP contribution in [-0.2, 0) is 14.3 Å². The van der Waals surface area contributed by atoms with Crippen molar-refractivity contribution in [1.29, 1.82) is 0 Å². The Morgan fingerprint density at radius 3 is 2.73 bits per heavy atom. The third kappa shape index (κ3) is 2.74. The molecule has 0 aliphatic carbocycles.